The predicted molar refractivity (Wildman–Crippen MR) is 44.5 cm³/mol. The summed E-state index contributed by atoms with van der Waals surface area (Å²) in [5.41, 5.74) is 5.19. The average molecular weight is 204 g/mol. The summed E-state index contributed by atoms with van der Waals surface area (Å²) in [5, 5.41) is 8.50. The van der Waals surface area contributed by atoms with Gasteiger partial charge in [-0.05, 0) is 13.8 Å². The molecule has 0 aromatic rings. The second-order valence-electron chi connectivity index (χ2n) is 2.05. The Hall–Kier alpha value is -0.250. The Labute approximate surface area is 71.7 Å². The van der Waals surface area contributed by atoms with Gasteiger partial charge in [-0.1, -0.05) is 0 Å². The largest absolute Gasteiger partial charge is 0.394 e. The molecule has 0 amide bonds. The molecule has 0 aliphatic heterocycles. The first-order valence-electron chi connectivity index (χ1n) is 2.78. The zero-order valence-electron chi connectivity index (χ0n) is 7.01. The fourth-order valence-corrected chi connectivity index (χ4v) is 0. The van der Waals surface area contributed by atoms with Crippen molar-refractivity contribution < 1.29 is 22.6 Å². The van der Waals surface area contributed by atoms with Gasteiger partial charge in [0.2, 0.25) is 0 Å². The van der Waals surface area contributed by atoms with Crippen LogP contribution in [0.25, 0.3) is 0 Å². The lowest BCUT2D eigenvalue weighted by atomic mass is 10.2. The van der Waals surface area contributed by atoms with Gasteiger partial charge in [-0.15, -0.1) is 0 Å². The molecule has 0 saturated heterocycles. The molecule has 8 N–H and O–H groups in total. The smallest absolute Gasteiger partial charge is 0.392 e. The second-order valence-corrected chi connectivity index (χ2v) is 2.94. The van der Waals surface area contributed by atoms with Crippen molar-refractivity contribution in [3.05, 3.63) is 0 Å². The molecule has 0 spiro atoms. The summed E-state index contributed by atoms with van der Waals surface area (Å²) in [6.45, 7) is 3.44. The molecule has 0 saturated carbocycles. The fraction of sp³-hybridized carbons (Fsp3) is 1.00. The molecule has 0 rings (SSSR count). The van der Waals surface area contributed by atoms with Crippen molar-refractivity contribution in [2.75, 3.05) is 0 Å². The zero-order chi connectivity index (χ0) is 9.65. The standard InChI is InChI=1S/C4H11NO.H3N.H2O4S/c1-3(5)4(2)6;;1-5(2,3)4/h3-4,6H,5H2,1-2H3;1H3;(H2,1,2,3,4). The van der Waals surface area contributed by atoms with Crippen LogP contribution in [0.2, 0.25) is 0 Å². The highest BCUT2D eigenvalue weighted by molar-refractivity contribution is 7.79. The molecule has 2 atom stereocenters. The normalized spacial score (nSPS) is 14.8. The Balaban J connectivity index is -0.000000126. The summed E-state index contributed by atoms with van der Waals surface area (Å²) in [4.78, 5) is 0. The Bertz CT molecular complexity index is 162. The van der Waals surface area contributed by atoms with E-state index >= 15 is 0 Å². The molecule has 0 aromatic heterocycles. The highest BCUT2D eigenvalue weighted by Gasteiger charge is 1.97. The van der Waals surface area contributed by atoms with Crippen LogP contribution in [0.15, 0.2) is 0 Å². The molecule has 0 bridgehead atoms. The van der Waals surface area contributed by atoms with E-state index in [1.165, 1.54) is 0 Å². The van der Waals surface area contributed by atoms with Gasteiger partial charge in [-0.3, -0.25) is 9.11 Å². The molecule has 0 aliphatic rings. The van der Waals surface area contributed by atoms with Crippen molar-refractivity contribution in [1.82, 2.24) is 6.15 Å². The minimum absolute atomic E-state index is 0. The van der Waals surface area contributed by atoms with E-state index in [9.17, 15) is 0 Å². The zero-order valence-corrected chi connectivity index (χ0v) is 7.82. The maximum Gasteiger partial charge on any atom is 0.394 e. The van der Waals surface area contributed by atoms with Gasteiger partial charge in [0.05, 0.1) is 6.10 Å². The first-order chi connectivity index (χ1) is 4.64. The topological polar surface area (TPSA) is 156 Å². The van der Waals surface area contributed by atoms with Crippen LogP contribution >= 0.6 is 0 Å². The lowest BCUT2D eigenvalue weighted by Crippen LogP contribution is -2.28. The van der Waals surface area contributed by atoms with Crippen molar-refractivity contribution >= 4 is 10.4 Å². The van der Waals surface area contributed by atoms with E-state index in [0.29, 0.717) is 0 Å². The van der Waals surface area contributed by atoms with E-state index in [4.69, 9.17) is 28.4 Å². The summed E-state index contributed by atoms with van der Waals surface area (Å²) < 4.78 is 31.6. The van der Waals surface area contributed by atoms with E-state index in [0.717, 1.165) is 0 Å². The van der Waals surface area contributed by atoms with Crippen molar-refractivity contribution in [1.29, 1.82) is 0 Å². The molecule has 0 aromatic carbocycles. The van der Waals surface area contributed by atoms with Gasteiger partial charge in [0, 0.05) is 6.04 Å². The van der Waals surface area contributed by atoms with Crippen molar-refractivity contribution in [2.45, 2.75) is 26.0 Å². The SMILES string of the molecule is CC(N)C(C)O.N.O=S(=O)(O)O. The minimum atomic E-state index is -4.67. The van der Waals surface area contributed by atoms with Crippen molar-refractivity contribution in [3.8, 4) is 0 Å². The van der Waals surface area contributed by atoms with E-state index in [1.807, 2.05) is 0 Å². The van der Waals surface area contributed by atoms with Crippen LogP contribution in [0.5, 0.6) is 0 Å². The van der Waals surface area contributed by atoms with Crippen LogP contribution in [0.3, 0.4) is 0 Å². The van der Waals surface area contributed by atoms with Gasteiger partial charge in [0.1, 0.15) is 0 Å². The molecule has 8 heteroatoms. The molecule has 0 fully saturated rings. The molecule has 7 nitrogen and oxygen atoms in total. The quantitative estimate of drug-likeness (QED) is 0.351. The van der Waals surface area contributed by atoms with E-state index in [1.54, 1.807) is 13.8 Å². The maximum atomic E-state index is 8.74. The summed E-state index contributed by atoms with van der Waals surface area (Å²) in [5.74, 6) is 0. The van der Waals surface area contributed by atoms with Crippen LogP contribution in [0.1, 0.15) is 13.8 Å². The molecule has 78 valence electrons. The van der Waals surface area contributed by atoms with Crippen LogP contribution in [0.4, 0.5) is 0 Å². The molecule has 12 heavy (non-hydrogen) atoms. The Morgan fingerprint density at radius 1 is 1.25 bits per heavy atom. The molecular weight excluding hydrogens is 188 g/mol. The number of aliphatic hydroxyl groups excluding tert-OH is 1. The Kier molecular flexibility index (Phi) is 10.9. The highest BCUT2D eigenvalue weighted by atomic mass is 32.3. The monoisotopic (exact) mass is 204 g/mol. The number of nitrogens with two attached hydrogens (primary N) is 1. The van der Waals surface area contributed by atoms with Crippen LogP contribution < -0.4 is 11.9 Å². The average Bonchev–Trinajstić information content (AvgIpc) is 1.59. The lowest BCUT2D eigenvalue weighted by molar-refractivity contribution is 0.170. The molecular formula is C4H16N2O5S. The molecule has 0 heterocycles. The summed E-state index contributed by atoms with van der Waals surface area (Å²) in [6, 6.07) is -0.0926. The summed E-state index contributed by atoms with van der Waals surface area (Å²) >= 11 is 0. The second kappa shape index (κ2) is 7.40. The third-order valence-corrected chi connectivity index (χ3v) is 0.761. The number of hydrogen-bond acceptors (Lipinski definition) is 5. The maximum absolute atomic E-state index is 8.74. The predicted octanol–water partition coefficient (Wildman–Crippen LogP) is -0.776. The number of hydrogen-bond donors (Lipinski definition) is 5. The molecule has 0 aliphatic carbocycles. The third kappa shape index (κ3) is 53.1. The van der Waals surface area contributed by atoms with Crippen molar-refractivity contribution in [2.24, 2.45) is 5.73 Å². The lowest BCUT2D eigenvalue weighted by Gasteiger charge is -2.04. The van der Waals surface area contributed by atoms with Crippen LogP contribution in [-0.4, -0.2) is 34.8 Å². The van der Waals surface area contributed by atoms with E-state index in [-0.39, 0.29) is 18.3 Å². The van der Waals surface area contributed by atoms with Gasteiger partial charge in [-0.25, -0.2) is 0 Å². The van der Waals surface area contributed by atoms with E-state index in [2.05, 4.69) is 0 Å². The molecule has 2 unspecified atom stereocenters. The van der Waals surface area contributed by atoms with E-state index < -0.39 is 10.4 Å². The van der Waals surface area contributed by atoms with Crippen LogP contribution in [-0.2, 0) is 10.4 Å². The highest BCUT2D eigenvalue weighted by Crippen LogP contribution is 1.81. The van der Waals surface area contributed by atoms with Gasteiger partial charge >= 0.3 is 10.4 Å². The fourth-order valence-electron chi connectivity index (χ4n) is 0. The summed E-state index contributed by atoms with van der Waals surface area (Å²) in [7, 11) is -4.67. The first-order valence-corrected chi connectivity index (χ1v) is 4.18. The first kappa shape index (κ1) is 17.7. The Morgan fingerprint density at radius 3 is 1.33 bits per heavy atom. The van der Waals surface area contributed by atoms with Gasteiger partial charge in [-0.2, -0.15) is 8.42 Å². The molecule has 0 radical (unpaired) electrons. The van der Waals surface area contributed by atoms with Gasteiger partial charge < -0.3 is 17.0 Å². The minimum Gasteiger partial charge on any atom is -0.392 e. The van der Waals surface area contributed by atoms with Gasteiger partial charge in [0.15, 0.2) is 0 Å². The number of aliphatic hydroxyl groups is 1. The van der Waals surface area contributed by atoms with Gasteiger partial charge in [0.25, 0.3) is 0 Å². The van der Waals surface area contributed by atoms with Crippen LogP contribution in [0, 0.1) is 0 Å². The third-order valence-electron chi connectivity index (χ3n) is 0.761. The number of rotatable bonds is 1. The van der Waals surface area contributed by atoms with Crippen molar-refractivity contribution in [3.63, 3.8) is 0 Å². The summed E-state index contributed by atoms with van der Waals surface area (Å²) in [6.07, 6.45) is -0.370. The Morgan fingerprint density at radius 2 is 1.33 bits per heavy atom.